The van der Waals surface area contributed by atoms with Crippen molar-refractivity contribution in [2.24, 2.45) is 5.92 Å². The molecule has 0 bridgehead atoms. The molecule has 1 atom stereocenters. The van der Waals surface area contributed by atoms with Gasteiger partial charge in [0.05, 0.1) is 18.1 Å². The van der Waals surface area contributed by atoms with Crippen LogP contribution < -0.4 is 5.32 Å². The molecule has 9 heteroatoms. The molecule has 1 aliphatic rings. The molecule has 0 spiro atoms. The van der Waals surface area contributed by atoms with Crippen LogP contribution in [0.2, 0.25) is 0 Å². The number of thioether (sulfide) groups is 1. The maximum Gasteiger partial charge on any atom is 0.230 e. The second kappa shape index (κ2) is 8.27. The molecule has 130 valence electrons. The number of carbonyl (C=O) groups excluding carboxylic acids is 1. The molecule has 2 heterocycles. The van der Waals surface area contributed by atoms with Crippen molar-refractivity contribution in [3.8, 4) is 0 Å². The molecule has 2 aromatic rings. The van der Waals surface area contributed by atoms with Crippen molar-refractivity contribution in [2.75, 3.05) is 12.3 Å². The number of nitrogens with one attached hydrogen (secondary N) is 1. The van der Waals surface area contributed by atoms with Gasteiger partial charge in [0.2, 0.25) is 11.1 Å². The van der Waals surface area contributed by atoms with Crippen molar-refractivity contribution in [1.29, 1.82) is 0 Å². The van der Waals surface area contributed by atoms with Gasteiger partial charge in [0, 0.05) is 25.5 Å². The van der Waals surface area contributed by atoms with Crippen LogP contribution in [-0.4, -0.2) is 48.0 Å². The van der Waals surface area contributed by atoms with E-state index in [1.807, 2.05) is 15.4 Å². The molecular formula is C15H23N7OS. The molecule has 24 heavy (non-hydrogen) atoms. The highest BCUT2D eigenvalue weighted by Crippen LogP contribution is 2.31. The molecule has 0 aromatic carbocycles. The largest absolute Gasteiger partial charge is 0.355 e. The second-order valence-corrected chi connectivity index (χ2v) is 7.24. The van der Waals surface area contributed by atoms with Gasteiger partial charge in [0.25, 0.3) is 0 Å². The number of imidazole rings is 1. The van der Waals surface area contributed by atoms with Gasteiger partial charge in [-0.2, -0.15) is 0 Å². The van der Waals surface area contributed by atoms with E-state index in [2.05, 4.69) is 32.7 Å². The summed E-state index contributed by atoms with van der Waals surface area (Å²) in [6.07, 6.45) is 10.2. The lowest BCUT2D eigenvalue weighted by atomic mass is 10.2. The lowest BCUT2D eigenvalue weighted by molar-refractivity contribution is -0.118. The number of aromatic nitrogens is 6. The van der Waals surface area contributed by atoms with Gasteiger partial charge in [-0.25, -0.2) is 9.67 Å². The highest BCUT2D eigenvalue weighted by Gasteiger charge is 2.22. The molecular weight excluding hydrogens is 326 g/mol. The third-order valence-electron chi connectivity index (χ3n) is 4.19. The first-order valence-corrected chi connectivity index (χ1v) is 9.34. The molecule has 0 unspecified atom stereocenters. The molecule has 0 aliphatic heterocycles. The fraction of sp³-hybridized carbons (Fsp3) is 0.667. The zero-order valence-electron chi connectivity index (χ0n) is 13.8. The van der Waals surface area contributed by atoms with Crippen molar-refractivity contribution in [3.05, 3.63) is 18.7 Å². The van der Waals surface area contributed by atoms with Crippen molar-refractivity contribution in [2.45, 2.75) is 50.4 Å². The number of amides is 1. The van der Waals surface area contributed by atoms with Gasteiger partial charge in [0.15, 0.2) is 0 Å². The van der Waals surface area contributed by atoms with Crippen LogP contribution in [0.1, 0.15) is 38.6 Å². The van der Waals surface area contributed by atoms with Crippen molar-refractivity contribution < 1.29 is 4.79 Å². The maximum atomic E-state index is 12.0. The van der Waals surface area contributed by atoms with E-state index in [9.17, 15) is 4.79 Å². The van der Waals surface area contributed by atoms with E-state index >= 15 is 0 Å². The zero-order valence-corrected chi connectivity index (χ0v) is 14.7. The van der Waals surface area contributed by atoms with Crippen LogP contribution in [0.5, 0.6) is 0 Å². The molecule has 1 fully saturated rings. The molecule has 1 N–H and O–H groups in total. The van der Waals surface area contributed by atoms with Gasteiger partial charge in [-0.1, -0.05) is 31.5 Å². The summed E-state index contributed by atoms with van der Waals surface area (Å²) in [6, 6.07) is 0.390. The smallest absolute Gasteiger partial charge is 0.230 e. The van der Waals surface area contributed by atoms with Crippen LogP contribution in [0.4, 0.5) is 0 Å². The van der Waals surface area contributed by atoms with Gasteiger partial charge in [-0.05, 0) is 29.2 Å². The summed E-state index contributed by atoms with van der Waals surface area (Å²) < 4.78 is 3.90. The average Bonchev–Trinajstić information content (AvgIpc) is 3.31. The predicted octanol–water partition coefficient (Wildman–Crippen LogP) is 1.53. The molecule has 3 rings (SSSR count). The monoisotopic (exact) mass is 349 g/mol. The van der Waals surface area contributed by atoms with E-state index in [1.54, 1.807) is 12.5 Å². The minimum Gasteiger partial charge on any atom is -0.355 e. The summed E-state index contributed by atoms with van der Waals surface area (Å²) >= 11 is 1.41. The van der Waals surface area contributed by atoms with Crippen LogP contribution in [0.15, 0.2) is 23.9 Å². The first kappa shape index (κ1) is 16.9. The van der Waals surface area contributed by atoms with Crippen LogP contribution >= 0.6 is 11.8 Å². The lowest BCUT2D eigenvalue weighted by Gasteiger charge is -2.13. The molecule has 1 saturated carbocycles. The quantitative estimate of drug-likeness (QED) is 0.727. The van der Waals surface area contributed by atoms with E-state index in [0.717, 1.165) is 24.5 Å². The predicted molar refractivity (Wildman–Crippen MR) is 90.4 cm³/mol. The van der Waals surface area contributed by atoms with E-state index in [4.69, 9.17) is 0 Å². The van der Waals surface area contributed by atoms with Crippen LogP contribution in [0, 0.1) is 5.92 Å². The Morgan fingerprint density at radius 2 is 2.29 bits per heavy atom. The first-order valence-electron chi connectivity index (χ1n) is 8.35. The maximum absolute atomic E-state index is 12.0. The van der Waals surface area contributed by atoms with Gasteiger partial charge in [-0.3, -0.25) is 4.79 Å². The number of nitrogens with zero attached hydrogens (tertiary/aromatic N) is 6. The Morgan fingerprint density at radius 3 is 3.04 bits per heavy atom. The molecule has 2 aromatic heterocycles. The fourth-order valence-electron chi connectivity index (χ4n) is 2.95. The van der Waals surface area contributed by atoms with Gasteiger partial charge in [-0.15, -0.1) is 5.10 Å². The highest BCUT2D eigenvalue weighted by atomic mass is 32.2. The van der Waals surface area contributed by atoms with Gasteiger partial charge in [0.1, 0.15) is 0 Å². The van der Waals surface area contributed by atoms with Crippen molar-refractivity contribution in [3.63, 3.8) is 0 Å². The van der Waals surface area contributed by atoms with Crippen LogP contribution in [0.3, 0.4) is 0 Å². The van der Waals surface area contributed by atoms with E-state index < -0.39 is 0 Å². The summed E-state index contributed by atoms with van der Waals surface area (Å²) in [6.45, 7) is 3.59. The van der Waals surface area contributed by atoms with Crippen LogP contribution in [0.25, 0.3) is 0 Å². The molecule has 1 aliphatic carbocycles. The molecule has 0 radical (unpaired) electrons. The first-order chi connectivity index (χ1) is 11.7. The van der Waals surface area contributed by atoms with E-state index in [1.165, 1.54) is 24.6 Å². The third-order valence-corrected chi connectivity index (χ3v) is 5.13. The highest BCUT2D eigenvalue weighted by molar-refractivity contribution is 7.99. The topological polar surface area (TPSA) is 90.5 Å². The van der Waals surface area contributed by atoms with Gasteiger partial charge < -0.3 is 9.88 Å². The minimum atomic E-state index is 0.0125. The van der Waals surface area contributed by atoms with E-state index in [0.29, 0.717) is 24.3 Å². The van der Waals surface area contributed by atoms with Crippen molar-refractivity contribution >= 4 is 17.7 Å². The minimum absolute atomic E-state index is 0.0125. The summed E-state index contributed by atoms with van der Waals surface area (Å²) in [5, 5.41) is 15.6. The standard InChI is InChI=1S/C15H23N7OS/c1-12(9-21-7-6-16-11-21)8-17-14(23)10-24-15-18-19-20-22(15)13-4-2-3-5-13/h6-7,11-13H,2-5,8-10H2,1H3,(H,17,23)/t12-/m1/s1. The van der Waals surface area contributed by atoms with E-state index in [-0.39, 0.29) is 5.91 Å². The summed E-state index contributed by atoms with van der Waals surface area (Å²) in [4.78, 5) is 16.1. The Morgan fingerprint density at radius 1 is 1.46 bits per heavy atom. The average molecular weight is 349 g/mol. The Bertz CT molecular complexity index is 636. The summed E-state index contributed by atoms with van der Waals surface area (Å²) in [7, 11) is 0. The SMILES string of the molecule is C[C@H](CNC(=O)CSc1nnnn1C1CCCC1)Cn1ccnc1. The lowest BCUT2D eigenvalue weighted by Crippen LogP contribution is -2.31. The molecule has 0 saturated heterocycles. The fourth-order valence-corrected chi connectivity index (χ4v) is 3.72. The number of hydrogen-bond donors (Lipinski definition) is 1. The third kappa shape index (κ3) is 4.56. The number of rotatable bonds is 8. The summed E-state index contributed by atoms with van der Waals surface area (Å²) in [5.41, 5.74) is 0. The Balaban J connectivity index is 1.40. The Labute approximate surface area is 145 Å². The number of carbonyl (C=O) groups is 1. The van der Waals surface area contributed by atoms with Crippen molar-refractivity contribution in [1.82, 2.24) is 35.1 Å². The Kier molecular flexibility index (Phi) is 5.84. The number of hydrogen-bond acceptors (Lipinski definition) is 6. The van der Waals surface area contributed by atoms with Crippen LogP contribution in [-0.2, 0) is 11.3 Å². The summed E-state index contributed by atoms with van der Waals surface area (Å²) in [5.74, 6) is 0.695. The Hall–Kier alpha value is -1.90. The molecule has 8 nitrogen and oxygen atoms in total. The number of tetrazole rings is 1. The normalized spacial score (nSPS) is 16.4. The zero-order chi connectivity index (χ0) is 16.8. The second-order valence-electron chi connectivity index (χ2n) is 6.30. The van der Waals surface area contributed by atoms with Gasteiger partial charge >= 0.3 is 0 Å². The molecule has 1 amide bonds.